The molecule has 172 valence electrons. The number of likely N-dealkylation sites (tertiary alicyclic amines) is 1. The van der Waals surface area contributed by atoms with E-state index >= 15 is 0 Å². The standard InChI is InChI=1S/C25H21N3O6/c1-2-34-20-5-3-4-18(14-20)23(29)21-22(17-6-8-19(9-7-17)28(32)33)27(25(31)24(21)30)15-16-10-12-26-13-11-16/h3-14,22,29H,2,15H2,1H3/b23-21+. The van der Waals surface area contributed by atoms with E-state index in [1.165, 1.54) is 29.2 Å². The minimum Gasteiger partial charge on any atom is -0.507 e. The van der Waals surface area contributed by atoms with Gasteiger partial charge in [0.15, 0.2) is 0 Å². The van der Waals surface area contributed by atoms with Crippen LogP contribution in [0.5, 0.6) is 5.75 Å². The van der Waals surface area contributed by atoms with Gasteiger partial charge >= 0.3 is 0 Å². The molecule has 2 heterocycles. The van der Waals surface area contributed by atoms with E-state index in [0.717, 1.165) is 5.56 Å². The summed E-state index contributed by atoms with van der Waals surface area (Å²) in [4.78, 5) is 42.1. The summed E-state index contributed by atoms with van der Waals surface area (Å²) >= 11 is 0. The molecule has 0 radical (unpaired) electrons. The van der Waals surface area contributed by atoms with Gasteiger partial charge in [0.1, 0.15) is 11.5 Å². The Morgan fingerprint density at radius 3 is 2.47 bits per heavy atom. The summed E-state index contributed by atoms with van der Waals surface area (Å²) in [6.07, 6.45) is 3.15. The number of nitro groups is 1. The highest BCUT2D eigenvalue weighted by Crippen LogP contribution is 2.41. The van der Waals surface area contributed by atoms with Crippen molar-refractivity contribution in [3.63, 3.8) is 0 Å². The number of aromatic nitrogens is 1. The van der Waals surface area contributed by atoms with Crippen LogP contribution in [0.2, 0.25) is 0 Å². The van der Waals surface area contributed by atoms with Gasteiger partial charge in [0.25, 0.3) is 17.4 Å². The molecule has 3 aromatic rings. The molecule has 0 spiro atoms. The Morgan fingerprint density at radius 2 is 1.82 bits per heavy atom. The molecule has 1 N–H and O–H groups in total. The molecule has 2 aromatic carbocycles. The molecule has 1 saturated heterocycles. The van der Waals surface area contributed by atoms with Crippen LogP contribution in [0.4, 0.5) is 5.69 Å². The van der Waals surface area contributed by atoms with Crippen molar-refractivity contribution < 1.29 is 24.4 Å². The number of hydrogen-bond donors (Lipinski definition) is 1. The molecule has 1 amide bonds. The Bertz CT molecular complexity index is 1270. The van der Waals surface area contributed by atoms with Gasteiger partial charge in [0.2, 0.25) is 0 Å². The van der Waals surface area contributed by atoms with E-state index in [4.69, 9.17) is 4.74 Å². The fraction of sp³-hybridized carbons (Fsp3) is 0.160. The number of Topliss-reactive ketones (excluding diaryl/α,β-unsaturated/α-hetero) is 1. The molecule has 0 saturated carbocycles. The van der Waals surface area contributed by atoms with E-state index < -0.39 is 22.7 Å². The Labute approximate surface area is 195 Å². The van der Waals surface area contributed by atoms with Crippen LogP contribution in [-0.4, -0.2) is 38.2 Å². The van der Waals surface area contributed by atoms with Gasteiger partial charge in [-0.2, -0.15) is 0 Å². The van der Waals surface area contributed by atoms with Crippen LogP contribution in [0.1, 0.15) is 29.7 Å². The second-order valence-corrected chi connectivity index (χ2v) is 7.59. The number of non-ortho nitro benzene ring substituents is 1. The third-order valence-electron chi connectivity index (χ3n) is 5.48. The summed E-state index contributed by atoms with van der Waals surface area (Å²) in [5.41, 5.74) is 1.30. The predicted molar refractivity (Wildman–Crippen MR) is 123 cm³/mol. The summed E-state index contributed by atoms with van der Waals surface area (Å²) in [5.74, 6) is -1.45. The number of amides is 1. The van der Waals surface area contributed by atoms with Gasteiger partial charge < -0.3 is 14.7 Å². The topological polar surface area (TPSA) is 123 Å². The molecule has 0 bridgehead atoms. The Hall–Kier alpha value is -4.53. The maximum absolute atomic E-state index is 13.1. The normalized spacial score (nSPS) is 17.1. The number of aliphatic hydroxyl groups is 1. The van der Waals surface area contributed by atoms with Gasteiger partial charge in [-0.1, -0.05) is 12.1 Å². The van der Waals surface area contributed by atoms with Gasteiger partial charge in [-0.3, -0.25) is 24.7 Å². The van der Waals surface area contributed by atoms with Crippen LogP contribution in [-0.2, 0) is 16.1 Å². The first-order valence-corrected chi connectivity index (χ1v) is 10.6. The Kier molecular flexibility index (Phi) is 6.35. The first kappa shape index (κ1) is 22.7. The number of benzene rings is 2. The number of carbonyl (C=O) groups is 2. The molecule has 1 aliphatic rings. The van der Waals surface area contributed by atoms with Crippen molar-refractivity contribution in [3.8, 4) is 5.75 Å². The van der Waals surface area contributed by atoms with Crippen molar-refractivity contribution in [1.29, 1.82) is 0 Å². The lowest BCUT2D eigenvalue weighted by atomic mass is 9.95. The summed E-state index contributed by atoms with van der Waals surface area (Å²) in [7, 11) is 0. The first-order chi connectivity index (χ1) is 16.4. The van der Waals surface area contributed by atoms with Crippen molar-refractivity contribution in [1.82, 2.24) is 9.88 Å². The summed E-state index contributed by atoms with van der Waals surface area (Å²) in [6.45, 7) is 2.33. The van der Waals surface area contributed by atoms with E-state index in [0.29, 0.717) is 23.5 Å². The summed E-state index contributed by atoms with van der Waals surface area (Å²) < 4.78 is 5.49. The average Bonchev–Trinajstić information content (AvgIpc) is 3.09. The number of hydrogen-bond acceptors (Lipinski definition) is 7. The number of aliphatic hydroxyl groups excluding tert-OH is 1. The maximum Gasteiger partial charge on any atom is 0.295 e. The number of carbonyl (C=O) groups excluding carboxylic acids is 2. The van der Waals surface area contributed by atoms with E-state index in [9.17, 15) is 24.8 Å². The number of pyridine rings is 1. The van der Waals surface area contributed by atoms with Crippen molar-refractivity contribution in [3.05, 3.63) is 105 Å². The second kappa shape index (κ2) is 9.53. The van der Waals surface area contributed by atoms with E-state index in [1.807, 2.05) is 6.92 Å². The summed E-state index contributed by atoms with van der Waals surface area (Å²) in [6, 6.07) is 14.7. The fourth-order valence-electron chi connectivity index (χ4n) is 3.91. The van der Waals surface area contributed by atoms with Crippen LogP contribution in [0, 0.1) is 10.1 Å². The van der Waals surface area contributed by atoms with Crippen molar-refractivity contribution in [2.45, 2.75) is 19.5 Å². The monoisotopic (exact) mass is 459 g/mol. The van der Waals surface area contributed by atoms with Gasteiger partial charge in [-0.25, -0.2) is 0 Å². The van der Waals surface area contributed by atoms with E-state index in [1.54, 1.807) is 48.8 Å². The van der Waals surface area contributed by atoms with Gasteiger partial charge in [0, 0.05) is 36.6 Å². The number of ether oxygens (including phenoxy) is 1. The Balaban J connectivity index is 1.85. The lowest BCUT2D eigenvalue weighted by Gasteiger charge is -2.25. The number of ketones is 1. The molecule has 0 aliphatic carbocycles. The van der Waals surface area contributed by atoms with E-state index in [-0.39, 0.29) is 23.6 Å². The quantitative estimate of drug-likeness (QED) is 0.186. The minimum absolute atomic E-state index is 0.0878. The second-order valence-electron chi connectivity index (χ2n) is 7.59. The van der Waals surface area contributed by atoms with Gasteiger partial charge in [-0.15, -0.1) is 0 Å². The molecule has 9 heteroatoms. The average molecular weight is 459 g/mol. The molecule has 1 aliphatic heterocycles. The predicted octanol–water partition coefficient (Wildman–Crippen LogP) is 4.01. The van der Waals surface area contributed by atoms with Gasteiger partial charge in [0.05, 0.1) is 23.1 Å². The van der Waals surface area contributed by atoms with Crippen LogP contribution < -0.4 is 4.74 Å². The summed E-state index contributed by atoms with van der Waals surface area (Å²) in [5, 5.41) is 22.3. The highest BCUT2D eigenvalue weighted by Gasteiger charge is 2.46. The van der Waals surface area contributed by atoms with Crippen LogP contribution in [0.25, 0.3) is 5.76 Å². The fourth-order valence-corrected chi connectivity index (χ4v) is 3.91. The zero-order chi connectivity index (χ0) is 24.2. The third-order valence-corrected chi connectivity index (χ3v) is 5.48. The zero-order valence-electron chi connectivity index (χ0n) is 18.2. The number of nitrogens with zero attached hydrogens (tertiary/aromatic N) is 3. The van der Waals surface area contributed by atoms with Crippen molar-refractivity contribution in [2.24, 2.45) is 0 Å². The molecule has 1 aromatic heterocycles. The molecule has 1 fully saturated rings. The first-order valence-electron chi connectivity index (χ1n) is 10.6. The zero-order valence-corrected chi connectivity index (χ0v) is 18.2. The lowest BCUT2D eigenvalue weighted by molar-refractivity contribution is -0.384. The van der Waals surface area contributed by atoms with E-state index in [2.05, 4.69) is 4.98 Å². The van der Waals surface area contributed by atoms with Crippen molar-refractivity contribution >= 4 is 23.1 Å². The molecular formula is C25H21N3O6. The third kappa shape index (κ3) is 4.36. The smallest absolute Gasteiger partial charge is 0.295 e. The molecule has 34 heavy (non-hydrogen) atoms. The molecule has 1 unspecified atom stereocenters. The molecule has 9 nitrogen and oxygen atoms in total. The van der Waals surface area contributed by atoms with Gasteiger partial charge in [-0.05, 0) is 54.4 Å². The number of rotatable bonds is 7. The SMILES string of the molecule is CCOc1cccc(/C(O)=C2\C(=O)C(=O)N(Cc3ccncc3)C2c2ccc([N+](=O)[O-])cc2)c1. The highest BCUT2D eigenvalue weighted by molar-refractivity contribution is 6.46. The van der Waals surface area contributed by atoms with Crippen LogP contribution in [0.15, 0.2) is 78.6 Å². The van der Waals surface area contributed by atoms with Crippen LogP contribution in [0.3, 0.4) is 0 Å². The number of nitro benzene ring substituents is 1. The molecule has 1 atom stereocenters. The Morgan fingerprint density at radius 1 is 1.12 bits per heavy atom. The molecule has 4 rings (SSSR count). The molecular weight excluding hydrogens is 438 g/mol. The lowest BCUT2D eigenvalue weighted by Crippen LogP contribution is -2.29. The highest BCUT2D eigenvalue weighted by atomic mass is 16.6. The minimum atomic E-state index is -0.940. The van der Waals surface area contributed by atoms with Crippen LogP contribution >= 0.6 is 0 Å². The van der Waals surface area contributed by atoms with Crippen molar-refractivity contribution in [2.75, 3.05) is 6.61 Å². The largest absolute Gasteiger partial charge is 0.507 e. The maximum atomic E-state index is 13.1.